The number of aromatic nitrogens is 2. The van der Waals surface area contributed by atoms with E-state index in [1.807, 2.05) is 26.1 Å². The average molecular weight is 274 g/mol. The monoisotopic (exact) mass is 274 g/mol. The van der Waals surface area contributed by atoms with Crippen molar-refractivity contribution in [1.29, 1.82) is 0 Å². The fraction of sp³-hybridized carbons (Fsp3) is 0.357. The molecule has 0 aliphatic heterocycles. The Balaban J connectivity index is 2.09. The van der Waals surface area contributed by atoms with Crippen LogP contribution in [0.5, 0.6) is 0 Å². The van der Waals surface area contributed by atoms with Crippen LogP contribution in [0.25, 0.3) is 0 Å². The molecule has 1 unspecified atom stereocenters. The maximum absolute atomic E-state index is 11.0. The first-order valence-corrected chi connectivity index (χ1v) is 6.44. The van der Waals surface area contributed by atoms with Gasteiger partial charge < -0.3 is 5.32 Å². The van der Waals surface area contributed by atoms with E-state index in [1.54, 1.807) is 29.9 Å². The van der Waals surface area contributed by atoms with E-state index in [4.69, 9.17) is 0 Å². The van der Waals surface area contributed by atoms with E-state index in [0.717, 1.165) is 11.3 Å². The van der Waals surface area contributed by atoms with Gasteiger partial charge >= 0.3 is 0 Å². The molecule has 0 aliphatic rings. The van der Waals surface area contributed by atoms with Crippen LogP contribution in [0, 0.1) is 17.0 Å². The minimum absolute atomic E-state index is 0.0317. The zero-order chi connectivity index (χ0) is 14.7. The van der Waals surface area contributed by atoms with Gasteiger partial charge in [-0.2, -0.15) is 5.10 Å². The van der Waals surface area contributed by atoms with Gasteiger partial charge in [0.1, 0.15) is 0 Å². The molecule has 0 saturated carbocycles. The standard InChI is InChI=1S/C14H18N4O2/c1-10-4-5-12(8-14(10)18(19)20)11(2)15-9-13-6-7-16-17(13)3/h4-8,11,15H,9H2,1-3H3. The van der Waals surface area contributed by atoms with Crippen LogP contribution in [0.2, 0.25) is 0 Å². The van der Waals surface area contributed by atoms with Crippen LogP contribution in [-0.2, 0) is 13.6 Å². The van der Waals surface area contributed by atoms with E-state index >= 15 is 0 Å². The lowest BCUT2D eigenvalue weighted by molar-refractivity contribution is -0.385. The van der Waals surface area contributed by atoms with Gasteiger partial charge in [-0.15, -0.1) is 0 Å². The lowest BCUT2D eigenvalue weighted by Gasteiger charge is -2.14. The number of nitrogens with one attached hydrogen (secondary N) is 1. The summed E-state index contributed by atoms with van der Waals surface area (Å²) in [6.45, 7) is 4.40. The van der Waals surface area contributed by atoms with Crippen LogP contribution in [0.1, 0.15) is 29.8 Å². The van der Waals surface area contributed by atoms with Crippen LogP contribution < -0.4 is 5.32 Å². The van der Waals surface area contributed by atoms with Gasteiger partial charge in [0, 0.05) is 37.5 Å². The van der Waals surface area contributed by atoms with Gasteiger partial charge in [0.2, 0.25) is 0 Å². The highest BCUT2D eigenvalue weighted by atomic mass is 16.6. The Morgan fingerprint density at radius 2 is 2.20 bits per heavy atom. The van der Waals surface area contributed by atoms with E-state index in [2.05, 4.69) is 10.4 Å². The second-order valence-electron chi connectivity index (χ2n) is 4.85. The van der Waals surface area contributed by atoms with Crippen molar-refractivity contribution >= 4 is 5.69 Å². The van der Waals surface area contributed by atoms with Gasteiger partial charge in [0.05, 0.1) is 10.6 Å². The van der Waals surface area contributed by atoms with E-state index in [-0.39, 0.29) is 16.7 Å². The zero-order valence-electron chi connectivity index (χ0n) is 11.8. The van der Waals surface area contributed by atoms with Gasteiger partial charge in [-0.25, -0.2) is 0 Å². The molecule has 0 radical (unpaired) electrons. The third-order valence-corrected chi connectivity index (χ3v) is 3.44. The maximum atomic E-state index is 11.0. The molecular formula is C14H18N4O2. The van der Waals surface area contributed by atoms with Gasteiger partial charge in [0.15, 0.2) is 0 Å². The van der Waals surface area contributed by atoms with E-state index < -0.39 is 0 Å². The highest BCUT2D eigenvalue weighted by molar-refractivity contribution is 5.43. The first kappa shape index (κ1) is 14.2. The number of nitro groups is 1. The fourth-order valence-electron chi connectivity index (χ4n) is 2.04. The summed E-state index contributed by atoms with van der Waals surface area (Å²) in [5, 5.41) is 18.4. The molecule has 0 aliphatic carbocycles. The molecule has 2 aromatic rings. The average Bonchev–Trinajstić information content (AvgIpc) is 2.81. The molecule has 2 rings (SSSR count). The smallest absolute Gasteiger partial charge is 0.272 e. The van der Waals surface area contributed by atoms with Crippen LogP contribution in [0.3, 0.4) is 0 Å². The SMILES string of the molecule is Cc1ccc(C(C)NCc2ccnn2C)cc1[N+](=O)[O-]. The van der Waals surface area contributed by atoms with Crippen molar-refractivity contribution in [2.24, 2.45) is 7.05 Å². The molecule has 6 heteroatoms. The summed E-state index contributed by atoms with van der Waals surface area (Å²) < 4.78 is 1.80. The fourth-order valence-corrected chi connectivity index (χ4v) is 2.04. The van der Waals surface area contributed by atoms with E-state index in [1.165, 1.54) is 0 Å². The zero-order valence-corrected chi connectivity index (χ0v) is 11.8. The summed E-state index contributed by atoms with van der Waals surface area (Å²) in [5.41, 5.74) is 2.82. The first-order chi connectivity index (χ1) is 9.49. The van der Waals surface area contributed by atoms with Crippen molar-refractivity contribution < 1.29 is 4.92 Å². The predicted molar refractivity (Wildman–Crippen MR) is 76.3 cm³/mol. The van der Waals surface area contributed by atoms with Crippen molar-refractivity contribution in [3.63, 3.8) is 0 Å². The summed E-state index contributed by atoms with van der Waals surface area (Å²) in [5.74, 6) is 0. The number of nitro benzene ring substituents is 1. The third kappa shape index (κ3) is 3.03. The molecule has 20 heavy (non-hydrogen) atoms. The summed E-state index contributed by atoms with van der Waals surface area (Å²) >= 11 is 0. The number of nitrogens with zero attached hydrogens (tertiary/aromatic N) is 3. The minimum Gasteiger partial charge on any atom is -0.305 e. The van der Waals surface area contributed by atoms with Crippen molar-refractivity contribution in [1.82, 2.24) is 15.1 Å². The molecular weight excluding hydrogens is 256 g/mol. The quantitative estimate of drug-likeness (QED) is 0.671. The number of hydrogen-bond acceptors (Lipinski definition) is 4. The summed E-state index contributed by atoms with van der Waals surface area (Å²) in [6, 6.07) is 7.32. The molecule has 0 saturated heterocycles. The summed E-state index contributed by atoms with van der Waals surface area (Å²) in [4.78, 5) is 10.6. The van der Waals surface area contributed by atoms with E-state index in [0.29, 0.717) is 12.1 Å². The lowest BCUT2D eigenvalue weighted by Crippen LogP contribution is -2.20. The highest BCUT2D eigenvalue weighted by Gasteiger charge is 2.14. The maximum Gasteiger partial charge on any atom is 0.272 e. The van der Waals surface area contributed by atoms with Crippen LogP contribution in [0.15, 0.2) is 30.5 Å². The Morgan fingerprint density at radius 3 is 2.80 bits per heavy atom. The van der Waals surface area contributed by atoms with Crippen LogP contribution in [0.4, 0.5) is 5.69 Å². The predicted octanol–water partition coefficient (Wildman–Crippen LogP) is 2.49. The molecule has 0 fully saturated rings. The van der Waals surface area contributed by atoms with Gasteiger partial charge in [-0.3, -0.25) is 14.8 Å². The topological polar surface area (TPSA) is 73.0 Å². The van der Waals surface area contributed by atoms with Crippen molar-refractivity contribution in [2.45, 2.75) is 26.4 Å². The van der Waals surface area contributed by atoms with Gasteiger partial charge in [0.25, 0.3) is 5.69 Å². The van der Waals surface area contributed by atoms with Gasteiger partial charge in [-0.05, 0) is 25.5 Å². The second-order valence-corrected chi connectivity index (χ2v) is 4.85. The summed E-state index contributed by atoms with van der Waals surface area (Å²) in [6.07, 6.45) is 1.75. The minimum atomic E-state index is -0.341. The molecule has 0 spiro atoms. The number of rotatable bonds is 5. The first-order valence-electron chi connectivity index (χ1n) is 6.44. The molecule has 0 bridgehead atoms. The molecule has 6 nitrogen and oxygen atoms in total. The molecule has 0 amide bonds. The van der Waals surface area contributed by atoms with Crippen molar-refractivity contribution in [3.05, 3.63) is 57.4 Å². The Kier molecular flexibility index (Phi) is 4.14. The lowest BCUT2D eigenvalue weighted by atomic mass is 10.0. The molecule has 1 N–H and O–H groups in total. The second kappa shape index (κ2) is 5.83. The molecule has 1 aromatic heterocycles. The van der Waals surface area contributed by atoms with Gasteiger partial charge in [-0.1, -0.05) is 12.1 Å². The van der Waals surface area contributed by atoms with Crippen LogP contribution >= 0.6 is 0 Å². The molecule has 106 valence electrons. The van der Waals surface area contributed by atoms with E-state index in [9.17, 15) is 10.1 Å². The van der Waals surface area contributed by atoms with Crippen LogP contribution in [-0.4, -0.2) is 14.7 Å². The largest absolute Gasteiger partial charge is 0.305 e. The normalized spacial score (nSPS) is 12.3. The Bertz CT molecular complexity index is 621. The Labute approximate surface area is 117 Å². The highest BCUT2D eigenvalue weighted by Crippen LogP contribution is 2.23. The number of benzene rings is 1. The number of hydrogen-bond donors (Lipinski definition) is 1. The third-order valence-electron chi connectivity index (χ3n) is 3.44. The Hall–Kier alpha value is -2.21. The van der Waals surface area contributed by atoms with Crippen molar-refractivity contribution in [2.75, 3.05) is 0 Å². The molecule has 1 atom stereocenters. The Morgan fingerprint density at radius 1 is 1.45 bits per heavy atom. The number of aryl methyl sites for hydroxylation is 2. The molecule has 1 aromatic carbocycles. The van der Waals surface area contributed by atoms with Crippen molar-refractivity contribution in [3.8, 4) is 0 Å². The summed E-state index contributed by atoms with van der Waals surface area (Å²) in [7, 11) is 1.89. The molecule has 1 heterocycles.